The maximum atomic E-state index is 11.9. The van der Waals surface area contributed by atoms with E-state index in [0.29, 0.717) is 5.75 Å². The molecule has 7 nitrogen and oxygen atoms in total. The van der Waals surface area contributed by atoms with Crippen molar-refractivity contribution in [2.24, 2.45) is 0 Å². The molecule has 0 fully saturated rings. The fourth-order valence-electron chi connectivity index (χ4n) is 1.94. The molecular formula is C16H16N2O5. The van der Waals surface area contributed by atoms with E-state index in [1.165, 1.54) is 24.3 Å². The average Bonchev–Trinajstić information content (AvgIpc) is 2.55. The number of carbonyl (C=O) groups excluding carboxylic acids is 1. The number of nitrogens with zero attached hydrogens (tertiary/aromatic N) is 1. The van der Waals surface area contributed by atoms with Gasteiger partial charge in [0.2, 0.25) is 0 Å². The summed E-state index contributed by atoms with van der Waals surface area (Å²) in [5, 5.41) is 13.2. The molecule has 0 aromatic heterocycles. The van der Waals surface area contributed by atoms with Crippen molar-refractivity contribution in [3.8, 4) is 11.5 Å². The summed E-state index contributed by atoms with van der Waals surface area (Å²) < 4.78 is 10.2. The molecule has 1 atom stereocenters. The van der Waals surface area contributed by atoms with Crippen molar-refractivity contribution >= 4 is 11.8 Å². The second-order valence-electron chi connectivity index (χ2n) is 4.78. The van der Waals surface area contributed by atoms with Crippen molar-refractivity contribution in [3.05, 3.63) is 64.2 Å². The average molecular weight is 316 g/mol. The standard InChI is InChI=1S/C16H16N2O5/c1-11(12-4-3-5-15(10-12)22-2)17-16(19)23-14-8-6-13(7-9-14)18(20)21/h3-11H,1-2H3,(H,17,19)/t11-/m0/s1. The van der Waals surface area contributed by atoms with Gasteiger partial charge >= 0.3 is 6.09 Å². The number of hydrogen-bond acceptors (Lipinski definition) is 5. The van der Waals surface area contributed by atoms with Crippen LogP contribution in [0.25, 0.3) is 0 Å². The van der Waals surface area contributed by atoms with E-state index in [1.54, 1.807) is 7.11 Å². The summed E-state index contributed by atoms with van der Waals surface area (Å²) in [6.45, 7) is 1.81. The highest BCUT2D eigenvalue weighted by Crippen LogP contribution is 2.20. The highest BCUT2D eigenvalue weighted by molar-refractivity contribution is 5.71. The largest absolute Gasteiger partial charge is 0.497 e. The van der Waals surface area contributed by atoms with Crippen LogP contribution in [-0.4, -0.2) is 18.1 Å². The highest BCUT2D eigenvalue weighted by atomic mass is 16.6. The first kappa shape index (κ1) is 16.3. The Morgan fingerprint density at radius 3 is 2.48 bits per heavy atom. The van der Waals surface area contributed by atoms with Crippen LogP contribution in [0.3, 0.4) is 0 Å². The first-order chi connectivity index (χ1) is 11.0. The minimum Gasteiger partial charge on any atom is -0.497 e. The van der Waals surface area contributed by atoms with Crippen LogP contribution in [0.1, 0.15) is 18.5 Å². The molecule has 0 aliphatic rings. The van der Waals surface area contributed by atoms with Crippen LogP contribution < -0.4 is 14.8 Å². The zero-order valence-corrected chi connectivity index (χ0v) is 12.7. The first-order valence-corrected chi connectivity index (χ1v) is 6.86. The molecule has 1 N–H and O–H groups in total. The highest BCUT2D eigenvalue weighted by Gasteiger charge is 2.13. The van der Waals surface area contributed by atoms with Crippen LogP contribution in [0.15, 0.2) is 48.5 Å². The fraction of sp³-hybridized carbons (Fsp3) is 0.188. The van der Waals surface area contributed by atoms with E-state index in [-0.39, 0.29) is 17.5 Å². The number of benzene rings is 2. The second kappa shape index (κ2) is 7.26. The van der Waals surface area contributed by atoms with Gasteiger partial charge in [-0.25, -0.2) is 4.79 Å². The van der Waals surface area contributed by atoms with Gasteiger partial charge in [-0.2, -0.15) is 0 Å². The molecule has 0 heterocycles. The van der Waals surface area contributed by atoms with Gasteiger partial charge in [-0.3, -0.25) is 10.1 Å². The molecule has 2 aromatic carbocycles. The Labute approximate surface area is 133 Å². The summed E-state index contributed by atoms with van der Waals surface area (Å²) in [4.78, 5) is 21.9. The van der Waals surface area contributed by atoms with Crippen molar-refractivity contribution < 1.29 is 19.2 Å². The normalized spacial score (nSPS) is 11.4. The predicted molar refractivity (Wildman–Crippen MR) is 83.7 cm³/mol. The van der Waals surface area contributed by atoms with E-state index in [4.69, 9.17) is 9.47 Å². The number of methoxy groups -OCH3 is 1. The van der Waals surface area contributed by atoms with Crippen LogP contribution in [0.2, 0.25) is 0 Å². The lowest BCUT2D eigenvalue weighted by Gasteiger charge is -2.15. The Morgan fingerprint density at radius 1 is 1.17 bits per heavy atom. The van der Waals surface area contributed by atoms with Gasteiger partial charge in [0.25, 0.3) is 5.69 Å². The minimum absolute atomic E-state index is 0.0671. The Bertz CT molecular complexity index is 700. The number of nitro groups is 1. The molecule has 0 unspecified atom stereocenters. The Hall–Kier alpha value is -3.09. The van der Waals surface area contributed by atoms with Gasteiger partial charge in [0.15, 0.2) is 0 Å². The number of carbonyl (C=O) groups is 1. The van der Waals surface area contributed by atoms with Gasteiger partial charge in [-0.15, -0.1) is 0 Å². The summed E-state index contributed by atoms with van der Waals surface area (Å²) in [5.74, 6) is 0.922. The van der Waals surface area contributed by atoms with Crippen molar-refractivity contribution in [1.29, 1.82) is 0 Å². The first-order valence-electron chi connectivity index (χ1n) is 6.86. The SMILES string of the molecule is COc1cccc([C@H](C)NC(=O)Oc2ccc([N+](=O)[O-])cc2)c1. The molecule has 2 rings (SSSR count). The summed E-state index contributed by atoms with van der Waals surface area (Å²) >= 11 is 0. The van der Waals surface area contributed by atoms with Crippen LogP contribution in [0, 0.1) is 10.1 Å². The summed E-state index contributed by atoms with van der Waals surface area (Å²) in [7, 11) is 1.57. The van der Waals surface area contributed by atoms with E-state index in [0.717, 1.165) is 5.56 Å². The molecule has 0 radical (unpaired) electrons. The maximum absolute atomic E-state index is 11.9. The molecule has 0 aliphatic carbocycles. The van der Waals surface area contributed by atoms with Gasteiger partial charge in [0.05, 0.1) is 18.1 Å². The lowest BCUT2D eigenvalue weighted by atomic mass is 10.1. The van der Waals surface area contributed by atoms with E-state index >= 15 is 0 Å². The smallest absolute Gasteiger partial charge is 0.413 e. The monoisotopic (exact) mass is 316 g/mol. The van der Waals surface area contributed by atoms with E-state index < -0.39 is 11.0 Å². The fourth-order valence-corrected chi connectivity index (χ4v) is 1.94. The van der Waals surface area contributed by atoms with Gasteiger partial charge in [0.1, 0.15) is 11.5 Å². The zero-order chi connectivity index (χ0) is 16.8. The molecule has 0 spiro atoms. The van der Waals surface area contributed by atoms with E-state index in [2.05, 4.69) is 5.32 Å². The number of nitro benzene ring substituents is 1. The molecular weight excluding hydrogens is 300 g/mol. The lowest BCUT2D eigenvalue weighted by molar-refractivity contribution is -0.384. The summed E-state index contributed by atoms with van der Waals surface area (Å²) in [6, 6.07) is 12.3. The molecule has 1 amide bonds. The number of amides is 1. The molecule has 0 bridgehead atoms. The molecule has 0 aliphatic heterocycles. The van der Waals surface area contributed by atoms with E-state index in [1.807, 2.05) is 31.2 Å². The van der Waals surface area contributed by atoms with Crippen molar-refractivity contribution in [2.45, 2.75) is 13.0 Å². The van der Waals surface area contributed by atoms with Crippen molar-refractivity contribution in [1.82, 2.24) is 5.32 Å². The zero-order valence-electron chi connectivity index (χ0n) is 12.7. The Morgan fingerprint density at radius 2 is 1.87 bits per heavy atom. The molecule has 23 heavy (non-hydrogen) atoms. The van der Waals surface area contributed by atoms with Gasteiger partial charge in [-0.05, 0) is 36.8 Å². The Kier molecular flexibility index (Phi) is 5.14. The second-order valence-corrected chi connectivity index (χ2v) is 4.78. The minimum atomic E-state index is -0.644. The number of hydrogen-bond donors (Lipinski definition) is 1. The molecule has 0 saturated carbocycles. The van der Waals surface area contributed by atoms with Gasteiger partial charge < -0.3 is 14.8 Å². The lowest BCUT2D eigenvalue weighted by Crippen LogP contribution is -2.29. The summed E-state index contributed by atoms with van der Waals surface area (Å²) in [5.41, 5.74) is 0.799. The van der Waals surface area contributed by atoms with E-state index in [9.17, 15) is 14.9 Å². The molecule has 2 aromatic rings. The number of rotatable bonds is 5. The molecule has 120 valence electrons. The Balaban J connectivity index is 1.96. The third-order valence-corrected chi connectivity index (χ3v) is 3.19. The van der Waals surface area contributed by atoms with Crippen LogP contribution in [-0.2, 0) is 0 Å². The van der Waals surface area contributed by atoms with Crippen molar-refractivity contribution in [2.75, 3.05) is 7.11 Å². The van der Waals surface area contributed by atoms with Crippen LogP contribution in [0.4, 0.5) is 10.5 Å². The number of ether oxygens (including phenoxy) is 2. The topological polar surface area (TPSA) is 90.7 Å². The van der Waals surface area contributed by atoms with Crippen LogP contribution in [0.5, 0.6) is 11.5 Å². The third kappa shape index (κ3) is 4.44. The van der Waals surface area contributed by atoms with Crippen LogP contribution >= 0.6 is 0 Å². The number of nitrogens with one attached hydrogen (secondary N) is 1. The quantitative estimate of drug-likeness (QED) is 0.674. The number of non-ortho nitro benzene ring substituents is 1. The molecule has 7 heteroatoms. The predicted octanol–water partition coefficient (Wildman–Crippen LogP) is 3.45. The van der Waals surface area contributed by atoms with Gasteiger partial charge in [0, 0.05) is 12.1 Å². The van der Waals surface area contributed by atoms with Gasteiger partial charge in [-0.1, -0.05) is 12.1 Å². The molecule has 0 saturated heterocycles. The summed E-state index contributed by atoms with van der Waals surface area (Å²) in [6.07, 6.45) is -0.644. The maximum Gasteiger partial charge on any atom is 0.413 e. The third-order valence-electron chi connectivity index (χ3n) is 3.19. The van der Waals surface area contributed by atoms with Crippen molar-refractivity contribution in [3.63, 3.8) is 0 Å².